The van der Waals surface area contributed by atoms with Gasteiger partial charge in [0.15, 0.2) is 5.69 Å². The minimum absolute atomic E-state index is 0.0708. The summed E-state index contributed by atoms with van der Waals surface area (Å²) in [5.41, 5.74) is 2.29. The number of hydrogen-bond acceptors (Lipinski definition) is 5. The summed E-state index contributed by atoms with van der Waals surface area (Å²) < 4.78 is 7.20. The number of aromatic nitrogens is 4. The van der Waals surface area contributed by atoms with Crippen molar-refractivity contribution in [1.29, 1.82) is 0 Å². The first-order valence-electron chi connectivity index (χ1n) is 8.65. The summed E-state index contributed by atoms with van der Waals surface area (Å²) in [6, 6.07) is 15.1. The van der Waals surface area contributed by atoms with Crippen molar-refractivity contribution >= 4 is 5.91 Å². The molecule has 3 heterocycles. The van der Waals surface area contributed by atoms with Gasteiger partial charge in [-0.3, -0.25) is 9.78 Å². The van der Waals surface area contributed by atoms with E-state index >= 15 is 0 Å². The van der Waals surface area contributed by atoms with Gasteiger partial charge < -0.3 is 10.1 Å². The number of carbonyl (C=O) groups excluding carboxylic acids is 1. The average Bonchev–Trinajstić information content (AvgIpc) is 3.37. The quantitative estimate of drug-likeness (QED) is 0.764. The summed E-state index contributed by atoms with van der Waals surface area (Å²) >= 11 is 0. The monoisotopic (exact) mass is 349 g/mol. The van der Waals surface area contributed by atoms with Gasteiger partial charge in [0.2, 0.25) is 0 Å². The normalized spacial score (nSPS) is 16.5. The highest BCUT2D eigenvalue weighted by Gasteiger charge is 2.24. The second-order valence-corrected chi connectivity index (χ2v) is 6.09. The maximum absolute atomic E-state index is 12.7. The number of pyridine rings is 1. The molecule has 3 aromatic rings. The number of para-hydroxylation sites is 1. The van der Waals surface area contributed by atoms with Gasteiger partial charge in [-0.15, -0.1) is 5.10 Å². The van der Waals surface area contributed by atoms with Gasteiger partial charge in [0, 0.05) is 19.3 Å². The zero-order valence-electron chi connectivity index (χ0n) is 14.2. The summed E-state index contributed by atoms with van der Waals surface area (Å²) in [6.07, 6.45) is 3.75. The summed E-state index contributed by atoms with van der Waals surface area (Å²) in [7, 11) is 0. The Hall–Kier alpha value is -3.06. The Morgan fingerprint density at radius 3 is 2.77 bits per heavy atom. The number of amides is 1. The highest BCUT2D eigenvalue weighted by molar-refractivity contribution is 5.97. The highest BCUT2D eigenvalue weighted by Crippen LogP contribution is 2.23. The predicted octanol–water partition coefficient (Wildman–Crippen LogP) is 2.24. The van der Waals surface area contributed by atoms with Gasteiger partial charge in [0.05, 0.1) is 17.5 Å². The van der Waals surface area contributed by atoms with Crippen molar-refractivity contribution in [2.24, 2.45) is 0 Å². The molecule has 0 spiro atoms. The van der Waals surface area contributed by atoms with E-state index in [2.05, 4.69) is 20.6 Å². The van der Waals surface area contributed by atoms with Crippen LogP contribution in [0.2, 0.25) is 0 Å². The Morgan fingerprint density at radius 2 is 2.04 bits per heavy atom. The fourth-order valence-electron chi connectivity index (χ4n) is 3.01. The van der Waals surface area contributed by atoms with Crippen LogP contribution in [0.5, 0.6) is 0 Å². The molecule has 2 aromatic heterocycles. The topological polar surface area (TPSA) is 81.9 Å². The van der Waals surface area contributed by atoms with E-state index in [4.69, 9.17) is 4.74 Å². The maximum atomic E-state index is 12.7. The first kappa shape index (κ1) is 16.4. The van der Waals surface area contributed by atoms with Gasteiger partial charge in [-0.05, 0) is 37.1 Å². The standard InChI is InChI=1S/C19H19N5O2/c25-19(21-13-15-9-6-12-26-15)17-18(16-10-4-5-11-20-16)24(23-22-17)14-7-2-1-3-8-14/h1-5,7-8,10-11,15H,6,9,12-13H2,(H,21,25)/t15-/m1/s1. The Bertz CT molecular complexity index is 873. The number of rotatable bonds is 5. The zero-order valence-corrected chi connectivity index (χ0v) is 14.2. The lowest BCUT2D eigenvalue weighted by atomic mass is 10.2. The molecular weight excluding hydrogens is 330 g/mol. The van der Waals surface area contributed by atoms with E-state index in [0.717, 1.165) is 25.1 Å². The molecule has 1 amide bonds. The highest BCUT2D eigenvalue weighted by atomic mass is 16.5. The van der Waals surface area contributed by atoms with Crippen LogP contribution >= 0.6 is 0 Å². The van der Waals surface area contributed by atoms with Crippen LogP contribution < -0.4 is 5.32 Å². The van der Waals surface area contributed by atoms with Gasteiger partial charge in [-0.25, -0.2) is 4.68 Å². The van der Waals surface area contributed by atoms with Crippen LogP contribution in [-0.4, -0.2) is 45.1 Å². The van der Waals surface area contributed by atoms with E-state index in [9.17, 15) is 4.79 Å². The molecule has 4 rings (SSSR count). The molecule has 26 heavy (non-hydrogen) atoms. The van der Waals surface area contributed by atoms with E-state index in [-0.39, 0.29) is 17.7 Å². The molecule has 132 valence electrons. The molecule has 0 aliphatic carbocycles. The van der Waals surface area contributed by atoms with Crippen LogP contribution in [0.15, 0.2) is 54.7 Å². The smallest absolute Gasteiger partial charge is 0.274 e. The van der Waals surface area contributed by atoms with Crippen molar-refractivity contribution < 1.29 is 9.53 Å². The number of hydrogen-bond donors (Lipinski definition) is 1. The summed E-state index contributed by atoms with van der Waals surface area (Å²) in [4.78, 5) is 17.1. The molecule has 0 unspecified atom stereocenters. The van der Waals surface area contributed by atoms with Crippen molar-refractivity contribution in [1.82, 2.24) is 25.3 Å². The molecule has 1 saturated heterocycles. The van der Waals surface area contributed by atoms with Crippen LogP contribution in [-0.2, 0) is 4.74 Å². The van der Waals surface area contributed by atoms with Crippen molar-refractivity contribution in [2.75, 3.05) is 13.2 Å². The molecule has 1 atom stereocenters. The molecule has 0 saturated carbocycles. The lowest BCUT2D eigenvalue weighted by Crippen LogP contribution is -2.32. The first-order chi connectivity index (χ1) is 12.8. The zero-order chi connectivity index (χ0) is 17.8. The van der Waals surface area contributed by atoms with Gasteiger partial charge in [0.1, 0.15) is 5.69 Å². The summed E-state index contributed by atoms with van der Waals surface area (Å²) in [6.45, 7) is 1.22. The lowest BCUT2D eigenvalue weighted by molar-refractivity contribution is 0.0854. The Balaban J connectivity index is 1.68. The van der Waals surface area contributed by atoms with E-state index in [0.29, 0.717) is 17.9 Å². The molecule has 1 N–H and O–H groups in total. The third-order valence-corrected chi connectivity index (χ3v) is 4.31. The molecule has 1 fully saturated rings. The van der Waals surface area contributed by atoms with E-state index in [1.54, 1.807) is 10.9 Å². The Labute approximate surface area is 151 Å². The van der Waals surface area contributed by atoms with Crippen molar-refractivity contribution in [2.45, 2.75) is 18.9 Å². The average molecular weight is 349 g/mol. The minimum atomic E-state index is -0.275. The lowest BCUT2D eigenvalue weighted by Gasteiger charge is -2.11. The fourth-order valence-corrected chi connectivity index (χ4v) is 3.01. The molecule has 7 nitrogen and oxygen atoms in total. The first-order valence-corrected chi connectivity index (χ1v) is 8.65. The number of benzene rings is 1. The van der Waals surface area contributed by atoms with Crippen LogP contribution in [0.3, 0.4) is 0 Å². The number of carbonyl (C=O) groups is 1. The van der Waals surface area contributed by atoms with Crippen LogP contribution in [0, 0.1) is 0 Å². The van der Waals surface area contributed by atoms with Gasteiger partial charge in [-0.2, -0.15) is 0 Å². The second kappa shape index (κ2) is 7.45. The largest absolute Gasteiger partial charge is 0.376 e. The molecule has 1 aromatic carbocycles. The van der Waals surface area contributed by atoms with Crippen molar-refractivity contribution in [3.05, 3.63) is 60.4 Å². The third-order valence-electron chi connectivity index (χ3n) is 4.31. The predicted molar refractivity (Wildman–Crippen MR) is 95.9 cm³/mol. The number of nitrogens with one attached hydrogen (secondary N) is 1. The molecular formula is C19H19N5O2. The van der Waals surface area contributed by atoms with Gasteiger partial charge in [0.25, 0.3) is 5.91 Å². The van der Waals surface area contributed by atoms with Crippen molar-refractivity contribution in [3.63, 3.8) is 0 Å². The third kappa shape index (κ3) is 3.34. The van der Waals surface area contributed by atoms with Crippen molar-refractivity contribution in [3.8, 4) is 17.1 Å². The second-order valence-electron chi connectivity index (χ2n) is 6.09. The summed E-state index contributed by atoms with van der Waals surface area (Å²) in [5, 5.41) is 11.2. The van der Waals surface area contributed by atoms with Crippen LogP contribution in [0.1, 0.15) is 23.3 Å². The Morgan fingerprint density at radius 1 is 1.19 bits per heavy atom. The molecule has 7 heteroatoms. The summed E-state index contributed by atoms with van der Waals surface area (Å²) in [5.74, 6) is -0.275. The Kier molecular flexibility index (Phi) is 4.70. The molecule has 0 radical (unpaired) electrons. The molecule has 1 aliphatic heterocycles. The van der Waals surface area contributed by atoms with E-state index < -0.39 is 0 Å². The van der Waals surface area contributed by atoms with Crippen LogP contribution in [0.25, 0.3) is 17.1 Å². The van der Waals surface area contributed by atoms with E-state index in [1.165, 1.54) is 0 Å². The minimum Gasteiger partial charge on any atom is -0.376 e. The fraction of sp³-hybridized carbons (Fsp3) is 0.263. The molecule has 0 bridgehead atoms. The van der Waals surface area contributed by atoms with Gasteiger partial charge >= 0.3 is 0 Å². The van der Waals surface area contributed by atoms with Gasteiger partial charge in [-0.1, -0.05) is 29.5 Å². The van der Waals surface area contributed by atoms with Crippen LogP contribution in [0.4, 0.5) is 0 Å². The number of ether oxygens (including phenoxy) is 1. The molecule has 1 aliphatic rings. The SMILES string of the molecule is O=C(NC[C@H]1CCCO1)c1nnn(-c2ccccc2)c1-c1ccccn1. The van der Waals surface area contributed by atoms with E-state index in [1.807, 2.05) is 48.5 Å². The number of nitrogens with zero attached hydrogens (tertiary/aromatic N) is 4. The maximum Gasteiger partial charge on any atom is 0.274 e.